The summed E-state index contributed by atoms with van der Waals surface area (Å²) in [6.45, 7) is 0. The van der Waals surface area contributed by atoms with Crippen molar-refractivity contribution in [2.75, 3.05) is 4.90 Å². The molecule has 3 aliphatic rings. The van der Waals surface area contributed by atoms with Crippen molar-refractivity contribution in [1.82, 2.24) is 0 Å². The minimum atomic E-state index is -0.332. The van der Waals surface area contributed by atoms with Crippen LogP contribution in [0.4, 0.5) is 11.4 Å². The van der Waals surface area contributed by atoms with Crippen LogP contribution in [0.5, 0.6) is 0 Å². The molecule has 0 saturated heterocycles. The van der Waals surface area contributed by atoms with Gasteiger partial charge in [0.05, 0.1) is 11.1 Å². The first kappa shape index (κ1) is 36.2. The van der Waals surface area contributed by atoms with Gasteiger partial charge in [-0.25, -0.2) is 0 Å². The number of fused-ring (bicyclic) bond motifs is 13. The van der Waals surface area contributed by atoms with Crippen molar-refractivity contribution in [3.05, 3.63) is 265 Å². The molecule has 13 rings (SSSR count). The number of benzene rings is 9. The van der Waals surface area contributed by atoms with E-state index in [0.29, 0.717) is 0 Å². The van der Waals surface area contributed by atoms with Gasteiger partial charge in [-0.2, -0.15) is 0 Å². The largest absolute Gasteiger partial charge is 0.313 e. The van der Waals surface area contributed by atoms with Gasteiger partial charge in [0.25, 0.3) is 0 Å². The Morgan fingerprint density at radius 3 is 1.78 bits per heavy atom. The lowest BCUT2D eigenvalue weighted by molar-refractivity contribution is 0.451. The van der Waals surface area contributed by atoms with E-state index in [1.54, 1.807) is 0 Å². The topological polar surface area (TPSA) is 3.24 Å². The normalized spacial score (nSPS) is 16.4. The number of rotatable bonds is 6. The van der Waals surface area contributed by atoms with Crippen LogP contribution in [-0.2, 0) is 5.41 Å². The highest BCUT2D eigenvalue weighted by Crippen LogP contribution is 2.67. The van der Waals surface area contributed by atoms with Crippen molar-refractivity contribution in [2.24, 2.45) is 5.92 Å². The number of thiophene rings is 1. The van der Waals surface area contributed by atoms with Gasteiger partial charge in [-0.05, 0) is 104 Å². The molecular weight excluding hydrogens is 779 g/mol. The molecule has 1 spiro atoms. The van der Waals surface area contributed by atoms with Gasteiger partial charge >= 0.3 is 0 Å². The second kappa shape index (κ2) is 14.3. The smallest absolute Gasteiger partial charge is 0.0538 e. The van der Waals surface area contributed by atoms with Crippen molar-refractivity contribution in [3.63, 3.8) is 0 Å². The Bertz CT molecular complexity index is 3420. The molecule has 10 aromatic rings. The molecule has 1 heterocycles. The number of anilines is 2. The van der Waals surface area contributed by atoms with Gasteiger partial charge in [-0.15, -0.1) is 11.3 Å². The fraction of sp³-hybridized carbons (Fsp3) is 0.0492. The Morgan fingerprint density at radius 1 is 0.429 bits per heavy atom. The van der Waals surface area contributed by atoms with E-state index in [0.717, 1.165) is 11.4 Å². The van der Waals surface area contributed by atoms with Gasteiger partial charge in [0, 0.05) is 49.0 Å². The monoisotopic (exact) mass is 819 g/mol. The molecule has 0 amide bonds. The Balaban J connectivity index is 1.05. The maximum absolute atomic E-state index is 2.59. The van der Waals surface area contributed by atoms with E-state index in [1.165, 1.54) is 92.6 Å². The second-order valence-electron chi connectivity index (χ2n) is 17.1. The first-order valence-electron chi connectivity index (χ1n) is 22.0. The molecule has 63 heavy (non-hydrogen) atoms. The number of nitrogens with zero attached hydrogens (tertiary/aromatic N) is 1. The van der Waals surface area contributed by atoms with Crippen LogP contribution in [0.15, 0.2) is 242 Å². The van der Waals surface area contributed by atoms with E-state index in [-0.39, 0.29) is 17.3 Å². The van der Waals surface area contributed by atoms with Crippen molar-refractivity contribution >= 4 is 42.9 Å². The molecule has 0 saturated carbocycles. The van der Waals surface area contributed by atoms with E-state index in [2.05, 4.69) is 242 Å². The molecule has 2 atom stereocenters. The summed E-state index contributed by atoms with van der Waals surface area (Å²) in [5.74, 6) is 0.225. The predicted octanol–water partition coefficient (Wildman–Crippen LogP) is 16.4. The summed E-state index contributed by atoms with van der Waals surface area (Å²) in [4.78, 5) is 2.59. The van der Waals surface area contributed by atoms with Crippen LogP contribution in [0.3, 0.4) is 0 Å². The maximum atomic E-state index is 2.59. The molecule has 9 aromatic carbocycles. The van der Waals surface area contributed by atoms with Crippen LogP contribution in [0.25, 0.3) is 64.7 Å². The molecule has 296 valence electrons. The minimum absolute atomic E-state index is 0.0773. The van der Waals surface area contributed by atoms with E-state index >= 15 is 0 Å². The van der Waals surface area contributed by atoms with Gasteiger partial charge in [0.1, 0.15) is 0 Å². The quantitative estimate of drug-likeness (QED) is 0.162. The molecule has 3 aliphatic carbocycles. The van der Waals surface area contributed by atoms with Crippen molar-refractivity contribution in [3.8, 4) is 44.5 Å². The lowest BCUT2D eigenvalue weighted by atomic mass is 9.65. The Morgan fingerprint density at radius 2 is 1.02 bits per heavy atom. The predicted molar refractivity (Wildman–Crippen MR) is 266 cm³/mol. The van der Waals surface area contributed by atoms with Crippen LogP contribution < -0.4 is 4.90 Å². The summed E-state index contributed by atoms with van der Waals surface area (Å²) >= 11 is 1.88. The zero-order chi connectivity index (χ0) is 41.5. The van der Waals surface area contributed by atoms with E-state index in [1.807, 2.05) is 11.3 Å². The number of hydrogen-bond donors (Lipinski definition) is 0. The van der Waals surface area contributed by atoms with Crippen molar-refractivity contribution in [1.29, 1.82) is 0 Å². The first-order valence-corrected chi connectivity index (χ1v) is 22.8. The molecule has 0 bridgehead atoms. The summed E-state index contributed by atoms with van der Waals surface area (Å²) in [6, 6.07) is 81.4. The second-order valence-corrected chi connectivity index (χ2v) is 18.2. The molecular formula is C61H41NS. The van der Waals surface area contributed by atoms with Crippen LogP contribution >= 0.6 is 11.3 Å². The number of hydrogen-bond acceptors (Lipinski definition) is 2. The third kappa shape index (κ3) is 5.35. The number of allylic oxidation sites excluding steroid dienone is 4. The first-order chi connectivity index (χ1) is 31.3. The summed E-state index contributed by atoms with van der Waals surface area (Å²) < 4.78 is 2.63. The Kier molecular flexibility index (Phi) is 8.19. The van der Waals surface area contributed by atoms with Gasteiger partial charge in [-0.3, -0.25) is 0 Å². The van der Waals surface area contributed by atoms with Crippen molar-refractivity contribution < 1.29 is 0 Å². The minimum Gasteiger partial charge on any atom is -0.313 e. The zero-order valence-corrected chi connectivity index (χ0v) is 35.3. The van der Waals surface area contributed by atoms with E-state index in [4.69, 9.17) is 0 Å². The molecule has 1 aromatic heterocycles. The van der Waals surface area contributed by atoms with Crippen LogP contribution in [0.1, 0.15) is 28.2 Å². The maximum Gasteiger partial charge on any atom is 0.0538 e. The third-order valence-electron chi connectivity index (χ3n) is 14.0. The van der Waals surface area contributed by atoms with Gasteiger partial charge in [-0.1, -0.05) is 194 Å². The zero-order valence-electron chi connectivity index (χ0n) is 34.5. The molecule has 1 nitrogen and oxygen atoms in total. The standard InChI is InChI=1S/C61H41NS/c1-3-17-40(18-4-1)41-33-36-44(37-34-41)62(55-38-35-43(39-50(55)42-19-5-2-6-20-42)45-25-15-32-58-59(45)49-24-10-14-31-57(49)63-58)56-30-16-29-54-60(56)48-23-9-13-28-53(48)61(54)51-26-11-7-21-46(51)47-22-8-12-27-52(47)61/h1-39,54,60H. The Labute approximate surface area is 372 Å². The highest BCUT2D eigenvalue weighted by Gasteiger charge is 2.58. The third-order valence-corrected chi connectivity index (χ3v) is 15.1. The molecule has 0 aliphatic heterocycles. The molecule has 0 N–H and O–H groups in total. The van der Waals surface area contributed by atoms with Gasteiger partial charge in [0.15, 0.2) is 0 Å². The van der Waals surface area contributed by atoms with Crippen LogP contribution in [-0.4, -0.2) is 0 Å². The summed E-state index contributed by atoms with van der Waals surface area (Å²) in [7, 11) is 0. The summed E-state index contributed by atoms with van der Waals surface area (Å²) in [5.41, 5.74) is 18.8. The summed E-state index contributed by atoms with van der Waals surface area (Å²) in [6.07, 6.45) is 7.25. The molecule has 0 fully saturated rings. The van der Waals surface area contributed by atoms with Gasteiger partial charge in [0.2, 0.25) is 0 Å². The van der Waals surface area contributed by atoms with Gasteiger partial charge < -0.3 is 4.90 Å². The van der Waals surface area contributed by atoms with Crippen LogP contribution in [0, 0.1) is 5.92 Å². The fourth-order valence-corrected chi connectivity index (χ4v) is 12.6. The SMILES string of the molecule is C1=CC2C(C(N(c3ccc(-c4ccccc4)cc3)c3ccc(-c4cccc5sc6ccccc6c45)cc3-c3ccccc3)=C1)c1ccccc1C21c2ccccc2-c2ccccc21. The average molecular weight is 820 g/mol. The molecule has 2 unspecified atom stereocenters. The van der Waals surface area contributed by atoms with Crippen LogP contribution in [0.2, 0.25) is 0 Å². The average Bonchev–Trinajstić information content (AvgIpc) is 4.00. The van der Waals surface area contributed by atoms with Crippen molar-refractivity contribution in [2.45, 2.75) is 11.3 Å². The van der Waals surface area contributed by atoms with E-state index in [9.17, 15) is 0 Å². The summed E-state index contributed by atoms with van der Waals surface area (Å²) in [5, 5.41) is 2.64. The van der Waals surface area contributed by atoms with E-state index < -0.39 is 0 Å². The molecule has 0 radical (unpaired) electrons. The lowest BCUT2D eigenvalue weighted by Gasteiger charge is -2.40. The highest BCUT2D eigenvalue weighted by atomic mass is 32.1. The Hall–Kier alpha value is -7.52. The molecule has 2 heteroatoms. The highest BCUT2D eigenvalue weighted by molar-refractivity contribution is 7.25. The fourth-order valence-electron chi connectivity index (χ4n) is 11.5. The lowest BCUT2D eigenvalue weighted by Crippen LogP contribution is -2.35.